The average molecular weight is 357 g/mol. The molecule has 0 amide bonds. The number of benzene rings is 2. The number of rotatable bonds is 5. The van der Waals surface area contributed by atoms with E-state index in [9.17, 15) is 4.79 Å². The minimum absolute atomic E-state index is 0.213. The molecule has 0 spiro atoms. The summed E-state index contributed by atoms with van der Waals surface area (Å²) in [6.07, 6.45) is 0. The topological polar surface area (TPSA) is 20.3 Å². The largest absolute Gasteiger partial charge is 0.378 e. The van der Waals surface area contributed by atoms with Gasteiger partial charge in [0, 0.05) is 30.4 Å². The molecule has 0 radical (unpaired) electrons. The van der Waals surface area contributed by atoms with Gasteiger partial charge in [0.05, 0.1) is 5.38 Å². The minimum atomic E-state index is -0.840. The molecule has 0 fully saturated rings. The number of ketones is 1. The van der Waals surface area contributed by atoms with Gasteiger partial charge in [-0.1, -0.05) is 23.7 Å². The van der Waals surface area contributed by atoms with E-state index in [0.29, 0.717) is 10.6 Å². The van der Waals surface area contributed by atoms with E-state index in [0.717, 1.165) is 11.3 Å². The third-order valence-electron chi connectivity index (χ3n) is 3.36. The number of carbonyl (C=O) groups excluding carboxylic acids is 1. The molecule has 0 bridgehead atoms. The van der Waals surface area contributed by atoms with Crippen LogP contribution in [-0.4, -0.2) is 25.3 Å². The van der Waals surface area contributed by atoms with Crippen LogP contribution < -0.4 is 4.90 Å². The maximum absolute atomic E-state index is 12.4. The predicted molar refractivity (Wildman–Crippen MR) is 94.8 cm³/mol. The molecule has 0 aliphatic carbocycles. The Morgan fingerprint density at radius 2 is 1.50 bits per heavy atom. The number of halogens is 3. The van der Waals surface area contributed by atoms with Crippen molar-refractivity contribution in [1.29, 1.82) is 0 Å². The van der Waals surface area contributed by atoms with Crippen molar-refractivity contribution in [2.75, 3.05) is 19.0 Å². The number of alkyl halides is 2. The molecule has 0 aliphatic heterocycles. The van der Waals surface area contributed by atoms with Gasteiger partial charge in [0.25, 0.3) is 0 Å². The minimum Gasteiger partial charge on any atom is -0.378 e. The van der Waals surface area contributed by atoms with E-state index in [1.54, 1.807) is 24.3 Å². The Bertz CT molecular complexity index is 638. The molecule has 0 saturated carbocycles. The van der Waals surface area contributed by atoms with E-state index >= 15 is 0 Å². The van der Waals surface area contributed by atoms with E-state index in [1.807, 2.05) is 43.3 Å². The number of Topliss-reactive ketones (excluding diaryl/α,β-unsaturated/α-hetero) is 1. The van der Waals surface area contributed by atoms with Crippen molar-refractivity contribution < 1.29 is 4.79 Å². The highest BCUT2D eigenvalue weighted by atomic mass is 35.5. The number of carbonyl (C=O) groups is 1. The Morgan fingerprint density at radius 3 is 2.00 bits per heavy atom. The summed E-state index contributed by atoms with van der Waals surface area (Å²) in [5.74, 6) is -0.213. The van der Waals surface area contributed by atoms with Crippen LogP contribution >= 0.6 is 34.8 Å². The van der Waals surface area contributed by atoms with Crippen LogP contribution in [0.3, 0.4) is 0 Å². The van der Waals surface area contributed by atoms with Crippen molar-refractivity contribution in [3.63, 3.8) is 0 Å². The van der Waals surface area contributed by atoms with Crippen LogP contribution in [-0.2, 0) is 0 Å². The van der Waals surface area contributed by atoms with Crippen molar-refractivity contribution in [2.45, 2.75) is 10.8 Å². The molecular weight excluding hydrogens is 341 g/mol. The number of hydrogen-bond acceptors (Lipinski definition) is 2. The third-order valence-corrected chi connectivity index (χ3v) is 4.70. The monoisotopic (exact) mass is 355 g/mol. The molecule has 0 saturated heterocycles. The maximum atomic E-state index is 12.4. The fourth-order valence-electron chi connectivity index (χ4n) is 2.03. The summed E-state index contributed by atoms with van der Waals surface area (Å²) in [5, 5.41) is -0.863. The van der Waals surface area contributed by atoms with E-state index in [-0.39, 0.29) is 5.78 Å². The second-order valence-electron chi connectivity index (χ2n) is 5.16. The summed E-state index contributed by atoms with van der Waals surface area (Å²) in [6.45, 7) is 0. The SMILES string of the molecule is CN(C)c1ccc([C@H](Cl)[C@H](Cl)C(=O)c2ccc(Cl)cc2)cc1. The zero-order valence-corrected chi connectivity index (χ0v) is 14.5. The molecule has 0 aliphatic rings. The Labute approximate surface area is 145 Å². The lowest BCUT2D eigenvalue weighted by atomic mass is 10.0. The van der Waals surface area contributed by atoms with Gasteiger partial charge in [-0.3, -0.25) is 4.79 Å². The lowest BCUT2D eigenvalue weighted by Gasteiger charge is -2.17. The van der Waals surface area contributed by atoms with Crippen molar-refractivity contribution in [3.8, 4) is 0 Å². The van der Waals surface area contributed by atoms with E-state index in [2.05, 4.69) is 0 Å². The Balaban J connectivity index is 2.15. The van der Waals surface area contributed by atoms with Crippen LogP contribution in [0.2, 0.25) is 5.02 Å². The van der Waals surface area contributed by atoms with Gasteiger partial charge in [0.1, 0.15) is 5.38 Å². The quantitative estimate of drug-likeness (QED) is 0.543. The van der Waals surface area contributed by atoms with Crippen LogP contribution in [0, 0.1) is 0 Å². The van der Waals surface area contributed by atoms with Crippen LogP contribution in [0.15, 0.2) is 48.5 Å². The zero-order chi connectivity index (χ0) is 16.3. The van der Waals surface area contributed by atoms with Gasteiger partial charge in [-0.25, -0.2) is 0 Å². The first-order valence-electron chi connectivity index (χ1n) is 6.75. The van der Waals surface area contributed by atoms with Crippen LogP contribution in [0.25, 0.3) is 0 Å². The first kappa shape index (κ1) is 17.1. The Kier molecular flexibility index (Phi) is 5.74. The van der Waals surface area contributed by atoms with Crippen molar-refractivity contribution in [1.82, 2.24) is 0 Å². The molecule has 22 heavy (non-hydrogen) atoms. The lowest BCUT2D eigenvalue weighted by molar-refractivity contribution is 0.0985. The first-order valence-corrected chi connectivity index (χ1v) is 8.00. The van der Waals surface area contributed by atoms with Crippen molar-refractivity contribution >= 4 is 46.3 Å². The second-order valence-corrected chi connectivity index (χ2v) is 6.54. The number of anilines is 1. The van der Waals surface area contributed by atoms with Gasteiger partial charge < -0.3 is 4.90 Å². The van der Waals surface area contributed by atoms with Gasteiger partial charge in [-0.05, 0) is 42.0 Å². The standard InChI is InChI=1S/C17H16Cl3NO/c1-21(2)14-9-5-11(6-10-14)15(19)16(20)17(22)12-3-7-13(18)8-4-12/h3-10,15-16H,1-2H3/t15-,16-/m0/s1. The van der Waals surface area contributed by atoms with Crippen molar-refractivity contribution in [2.24, 2.45) is 0 Å². The summed E-state index contributed by atoms with van der Waals surface area (Å²) in [4.78, 5) is 14.4. The first-order chi connectivity index (χ1) is 10.4. The van der Waals surface area contributed by atoms with E-state index < -0.39 is 10.8 Å². The molecule has 0 N–H and O–H groups in total. The Morgan fingerprint density at radius 1 is 0.955 bits per heavy atom. The summed E-state index contributed by atoms with van der Waals surface area (Å²) in [6, 6.07) is 14.3. The normalized spacial score (nSPS) is 13.5. The highest BCUT2D eigenvalue weighted by Crippen LogP contribution is 2.31. The van der Waals surface area contributed by atoms with Crippen LogP contribution in [0.1, 0.15) is 21.3 Å². The van der Waals surface area contributed by atoms with Crippen molar-refractivity contribution in [3.05, 3.63) is 64.7 Å². The smallest absolute Gasteiger partial charge is 0.182 e. The Hall–Kier alpha value is -1.22. The average Bonchev–Trinajstić information content (AvgIpc) is 2.53. The number of nitrogens with zero attached hydrogens (tertiary/aromatic N) is 1. The van der Waals surface area contributed by atoms with Gasteiger partial charge in [-0.2, -0.15) is 0 Å². The molecule has 2 nitrogen and oxygen atoms in total. The van der Waals surface area contributed by atoms with Gasteiger partial charge in [0.15, 0.2) is 5.78 Å². The summed E-state index contributed by atoms with van der Waals surface area (Å²) < 4.78 is 0. The fourth-order valence-corrected chi connectivity index (χ4v) is 2.69. The van der Waals surface area contributed by atoms with Gasteiger partial charge in [0.2, 0.25) is 0 Å². The maximum Gasteiger partial charge on any atom is 0.182 e. The summed E-state index contributed by atoms with van der Waals surface area (Å²) >= 11 is 18.5. The molecule has 0 heterocycles. The number of hydrogen-bond donors (Lipinski definition) is 0. The predicted octanol–water partition coefficient (Wildman–Crippen LogP) is 5.18. The lowest BCUT2D eigenvalue weighted by Crippen LogP contribution is -2.20. The highest BCUT2D eigenvalue weighted by molar-refractivity contribution is 6.39. The third kappa shape index (κ3) is 3.95. The van der Waals surface area contributed by atoms with E-state index in [4.69, 9.17) is 34.8 Å². The summed E-state index contributed by atoms with van der Waals surface area (Å²) in [5.41, 5.74) is 2.37. The molecule has 2 rings (SSSR count). The fraction of sp³-hybridized carbons (Fsp3) is 0.235. The molecular formula is C17H16Cl3NO. The van der Waals surface area contributed by atoms with E-state index in [1.165, 1.54) is 0 Å². The molecule has 2 atom stereocenters. The molecule has 0 unspecified atom stereocenters. The van der Waals surface area contributed by atoms with Crippen LogP contribution in [0.5, 0.6) is 0 Å². The molecule has 2 aromatic rings. The van der Waals surface area contributed by atoms with Gasteiger partial charge in [-0.15, -0.1) is 23.2 Å². The zero-order valence-electron chi connectivity index (χ0n) is 12.3. The summed E-state index contributed by atoms with van der Waals surface area (Å²) in [7, 11) is 3.92. The second kappa shape index (κ2) is 7.36. The van der Waals surface area contributed by atoms with Gasteiger partial charge >= 0.3 is 0 Å². The molecule has 2 aromatic carbocycles. The molecule has 116 valence electrons. The van der Waals surface area contributed by atoms with Crippen LogP contribution in [0.4, 0.5) is 5.69 Å². The molecule has 0 aromatic heterocycles. The molecule has 5 heteroatoms. The highest BCUT2D eigenvalue weighted by Gasteiger charge is 2.26.